The third-order valence-corrected chi connectivity index (χ3v) is 15.8. The summed E-state index contributed by atoms with van der Waals surface area (Å²) >= 11 is 0. The number of nitrogens with zero attached hydrogens (tertiary/aromatic N) is 1. The Morgan fingerprint density at radius 3 is 1.57 bits per heavy atom. The van der Waals surface area contributed by atoms with Crippen molar-refractivity contribution in [1.29, 1.82) is 0 Å². The van der Waals surface area contributed by atoms with Gasteiger partial charge in [-0.3, -0.25) is 0 Å². The minimum absolute atomic E-state index is 0.679. The number of benzene rings is 2. The summed E-state index contributed by atoms with van der Waals surface area (Å²) in [6.45, 7) is 0. The molecule has 0 bridgehead atoms. The first-order valence-electron chi connectivity index (χ1n) is 14.6. The smallest absolute Gasteiger partial charge is 0.344 e. The maximum atomic E-state index is 7.22. The first kappa shape index (κ1) is 27.2. The van der Waals surface area contributed by atoms with E-state index in [1.165, 1.54) is 35.1 Å². The summed E-state index contributed by atoms with van der Waals surface area (Å²) < 4.78 is 31.4. The largest absolute Gasteiger partial charge is 0.496 e. The van der Waals surface area contributed by atoms with Gasteiger partial charge in [-0.15, -0.1) is 0 Å². The summed E-state index contributed by atoms with van der Waals surface area (Å²) in [5.74, 6) is 2.88. The van der Waals surface area contributed by atoms with E-state index < -0.39 is 14.8 Å². The first-order valence-corrected chi connectivity index (χ1v) is 18.2. The monoisotopic (exact) mass is 593 g/mol. The van der Waals surface area contributed by atoms with Crippen LogP contribution in [-0.4, -0.2) is 21.3 Å². The molecule has 7 heteroatoms. The molecular formula is C35H33NO4P2. The van der Waals surface area contributed by atoms with Gasteiger partial charge in [0.05, 0.1) is 21.8 Å². The zero-order chi connectivity index (χ0) is 28.7. The van der Waals surface area contributed by atoms with Gasteiger partial charge in [-0.05, 0) is 98.2 Å². The molecule has 0 aromatic heterocycles. The van der Waals surface area contributed by atoms with E-state index in [1.807, 2.05) is 43.4 Å². The molecule has 0 unspecified atom stereocenters. The van der Waals surface area contributed by atoms with Crippen LogP contribution in [0.3, 0.4) is 0 Å². The number of hydrogen-bond acceptors (Lipinski definition) is 5. The van der Waals surface area contributed by atoms with Gasteiger partial charge in [0.15, 0.2) is 11.5 Å². The number of para-hydroxylation sites is 2. The fourth-order valence-corrected chi connectivity index (χ4v) is 13.9. The second-order valence-electron chi connectivity index (χ2n) is 10.8. The first-order chi connectivity index (χ1) is 20.7. The van der Waals surface area contributed by atoms with Crippen LogP contribution in [-0.2, 0) is 9.05 Å². The maximum absolute atomic E-state index is 7.22. The van der Waals surface area contributed by atoms with Crippen LogP contribution in [0.2, 0.25) is 0 Å². The Bertz CT molecular complexity index is 1710. The molecular weight excluding hydrogens is 560 g/mol. The van der Waals surface area contributed by atoms with Crippen LogP contribution in [0.1, 0.15) is 51.4 Å². The lowest BCUT2D eigenvalue weighted by molar-refractivity contribution is 0.385. The highest BCUT2D eigenvalue weighted by Gasteiger charge is 2.47. The van der Waals surface area contributed by atoms with E-state index in [0.717, 1.165) is 71.8 Å². The molecule has 0 N–H and O–H groups in total. The molecule has 3 fully saturated rings. The van der Waals surface area contributed by atoms with E-state index in [-0.39, 0.29) is 0 Å². The molecule has 0 atom stereocenters. The number of hydrogen-bond donors (Lipinski definition) is 0. The van der Waals surface area contributed by atoms with Crippen LogP contribution in [0.25, 0.3) is 0 Å². The van der Waals surface area contributed by atoms with Gasteiger partial charge in [-0.25, -0.2) is 4.74 Å². The van der Waals surface area contributed by atoms with E-state index in [1.54, 1.807) is 14.2 Å². The molecule has 1 heterocycles. The number of ether oxygens (including phenoxy) is 2. The van der Waals surface area contributed by atoms with Crippen molar-refractivity contribution < 1.29 is 18.5 Å². The predicted octanol–water partition coefficient (Wildman–Crippen LogP) is 8.66. The highest BCUT2D eigenvalue weighted by molar-refractivity contribution is 8.36. The molecule has 5 nitrogen and oxygen atoms in total. The van der Waals surface area contributed by atoms with Gasteiger partial charge in [0.1, 0.15) is 11.5 Å². The van der Waals surface area contributed by atoms with Crippen molar-refractivity contribution in [3.8, 4) is 11.5 Å². The van der Waals surface area contributed by atoms with Crippen LogP contribution >= 0.6 is 14.8 Å². The summed E-state index contributed by atoms with van der Waals surface area (Å²) in [5, 5.41) is 1.96. The molecule has 5 aliphatic rings. The van der Waals surface area contributed by atoms with Crippen LogP contribution in [0, 0.1) is 0 Å². The van der Waals surface area contributed by atoms with Gasteiger partial charge < -0.3 is 18.5 Å². The summed E-state index contributed by atoms with van der Waals surface area (Å²) in [6.07, 6.45) is 8.62. The molecule has 2 aromatic rings. The Balaban J connectivity index is 1.56. The fourth-order valence-electron chi connectivity index (χ4n) is 6.49. The molecule has 4 aliphatic carbocycles. The highest BCUT2D eigenvalue weighted by atomic mass is 32.1. The SMILES string of the molecule is CN=P1(P(c2ccccc2OC)c2ccccc2OC)OC2=C=C=C3CCCCC3=C2C2=C3CCCCC3=C=C=C2O1. The lowest BCUT2D eigenvalue weighted by Gasteiger charge is -2.32. The van der Waals surface area contributed by atoms with Crippen molar-refractivity contribution in [3.63, 3.8) is 0 Å². The standard InChI is InChI=1S/C35H33NO4P2/c1-36-42(41(32-18-10-8-16-28(32)37-2)33-19-11-9-17-29(33)38-3)39-30-22-20-24-12-4-6-14-26(24)34(30)35-27-15-7-5-13-25(27)21-23-31(35)40-42/h8-11,16-19H,4-7,12-15H2,1-3H3. The fraction of sp³-hybridized carbons (Fsp3) is 0.314. The molecule has 42 heavy (non-hydrogen) atoms. The Kier molecular flexibility index (Phi) is 7.28. The van der Waals surface area contributed by atoms with Crippen LogP contribution < -0.4 is 20.1 Å². The molecule has 7 rings (SSSR count). The number of fused-ring (bicyclic) bond motifs is 5. The number of allylic oxidation sites excluding steroid dienone is 6. The second-order valence-corrected chi connectivity index (χ2v) is 16.8. The number of methoxy groups -OCH3 is 2. The zero-order valence-electron chi connectivity index (χ0n) is 24.3. The molecule has 0 amide bonds. The average molecular weight is 594 g/mol. The van der Waals surface area contributed by atoms with Crippen LogP contribution in [0.5, 0.6) is 11.5 Å². The summed E-state index contributed by atoms with van der Waals surface area (Å²) in [5.41, 5.74) is 21.2. The van der Waals surface area contributed by atoms with Crippen LogP contribution in [0.15, 0.2) is 121 Å². The van der Waals surface area contributed by atoms with E-state index in [9.17, 15) is 0 Å². The number of rotatable bonds is 5. The van der Waals surface area contributed by atoms with Crippen molar-refractivity contribution >= 4 is 25.4 Å². The lowest BCUT2D eigenvalue weighted by Crippen LogP contribution is -2.17. The van der Waals surface area contributed by atoms with E-state index >= 15 is 0 Å². The molecule has 212 valence electrons. The second kappa shape index (κ2) is 11.2. The van der Waals surface area contributed by atoms with Gasteiger partial charge in [-0.2, -0.15) is 0 Å². The molecule has 0 radical (unpaired) electrons. The van der Waals surface area contributed by atoms with Gasteiger partial charge >= 0.3 is 7.20 Å². The van der Waals surface area contributed by atoms with Crippen molar-refractivity contribution in [2.45, 2.75) is 51.4 Å². The zero-order valence-corrected chi connectivity index (χ0v) is 26.0. The molecule has 0 spiro atoms. The lowest BCUT2D eigenvalue weighted by atomic mass is 9.77. The average Bonchev–Trinajstić information content (AvgIpc) is 3.20. The third kappa shape index (κ3) is 4.43. The predicted molar refractivity (Wildman–Crippen MR) is 169 cm³/mol. The molecule has 2 aromatic carbocycles. The Labute approximate surface area is 248 Å². The van der Waals surface area contributed by atoms with Crippen molar-refractivity contribution in [2.24, 2.45) is 4.74 Å². The van der Waals surface area contributed by atoms with E-state index in [2.05, 4.69) is 35.1 Å². The van der Waals surface area contributed by atoms with Crippen molar-refractivity contribution in [2.75, 3.05) is 21.3 Å². The normalized spacial score (nSPS) is 19.9. The molecule has 2 saturated carbocycles. The maximum Gasteiger partial charge on any atom is 0.344 e. The van der Waals surface area contributed by atoms with Gasteiger partial charge in [0, 0.05) is 39.9 Å². The van der Waals surface area contributed by atoms with E-state index in [0.29, 0.717) is 11.5 Å². The van der Waals surface area contributed by atoms with Gasteiger partial charge in [-0.1, -0.05) is 35.7 Å². The van der Waals surface area contributed by atoms with Gasteiger partial charge in [0.2, 0.25) is 0 Å². The molecule has 1 aliphatic heterocycles. The summed E-state index contributed by atoms with van der Waals surface area (Å²) in [6, 6.07) is 16.2. The minimum Gasteiger partial charge on any atom is -0.496 e. The van der Waals surface area contributed by atoms with Crippen molar-refractivity contribution in [3.05, 3.63) is 116 Å². The quantitative estimate of drug-likeness (QED) is 0.257. The van der Waals surface area contributed by atoms with Crippen LogP contribution in [0.4, 0.5) is 0 Å². The topological polar surface area (TPSA) is 49.3 Å². The summed E-state index contributed by atoms with van der Waals surface area (Å²) in [7, 11) is 0.639. The Morgan fingerprint density at radius 2 is 1.12 bits per heavy atom. The van der Waals surface area contributed by atoms with Crippen molar-refractivity contribution in [1.82, 2.24) is 0 Å². The summed E-state index contributed by atoms with van der Waals surface area (Å²) in [4.78, 5) is 0. The third-order valence-electron chi connectivity index (χ3n) is 8.45. The Morgan fingerprint density at radius 1 is 0.667 bits per heavy atom. The molecule has 1 saturated heterocycles. The highest BCUT2D eigenvalue weighted by Crippen LogP contribution is 2.81. The minimum atomic E-state index is -3.16. The van der Waals surface area contributed by atoms with Gasteiger partial charge in [0.25, 0.3) is 0 Å². The van der Waals surface area contributed by atoms with E-state index in [4.69, 9.17) is 23.3 Å². The Hall–Kier alpha value is -3.62.